The third kappa shape index (κ3) is 6.45. The van der Waals surface area contributed by atoms with Crippen LogP contribution in [0.3, 0.4) is 0 Å². The Labute approximate surface area is 207 Å². The summed E-state index contributed by atoms with van der Waals surface area (Å²) < 4.78 is 0. The van der Waals surface area contributed by atoms with Crippen molar-refractivity contribution in [2.45, 2.75) is 19.4 Å². The van der Waals surface area contributed by atoms with Gasteiger partial charge in [-0.15, -0.1) is 24.0 Å². The molecule has 1 aliphatic heterocycles. The molecule has 3 aromatic carbocycles. The molecular formula is C26H31IN4O. The van der Waals surface area contributed by atoms with E-state index in [1.54, 1.807) is 7.05 Å². The number of carbonyl (C=O) groups excluding carboxylic acids is 1. The second-order valence-electron chi connectivity index (χ2n) is 8.13. The highest BCUT2D eigenvalue weighted by molar-refractivity contribution is 14.0. The molecule has 4 rings (SSSR count). The van der Waals surface area contributed by atoms with E-state index in [0.29, 0.717) is 18.9 Å². The molecule has 0 radical (unpaired) electrons. The molecule has 0 saturated carbocycles. The first-order valence-corrected chi connectivity index (χ1v) is 10.9. The van der Waals surface area contributed by atoms with Crippen LogP contribution in [0.15, 0.2) is 77.8 Å². The zero-order chi connectivity index (χ0) is 21.5. The van der Waals surface area contributed by atoms with Crippen LogP contribution in [0.4, 0.5) is 0 Å². The second kappa shape index (κ2) is 11.9. The maximum absolute atomic E-state index is 12.4. The number of guanidine groups is 1. The van der Waals surface area contributed by atoms with Gasteiger partial charge < -0.3 is 15.5 Å². The van der Waals surface area contributed by atoms with Crippen molar-refractivity contribution in [2.24, 2.45) is 10.9 Å². The summed E-state index contributed by atoms with van der Waals surface area (Å²) in [6.07, 6.45) is 1.51. The van der Waals surface area contributed by atoms with Crippen LogP contribution in [0.2, 0.25) is 0 Å². The van der Waals surface area contributed by atoms with E-state index < -0.39 is 0 Å². The van der Waals surface area contributed by atoms with Crippen molar-refractivity contribution in [2.75, 3.05) is 26.7 Å². The highest BCUT2D eigenvalue weighted by atomic mass is 127. The topological polar surface area (TPSA) is 56.7 Å². The van der Waals surface area contributed by atoms with E-state index in [4.69, 9.17) is 0 Å². The number of fused-ring (bicyclic) bond motifs is 1. The molecule has 1 amide bonds. The Balaban J connectivity index is 0.00000289. The van der Waals surface area contributed by atoms with Crippen LogP contribution in [0.1, 0.15) is 17.5 Å². The van der Waals surface area contributed by atoms with Crippen molar-refractivity contribution in [1.82, 2.24) is 15.5 Å². The average molecular weight is 542 g/mol. The first-order chi connectivity index (χ1) is 15.2. The van der Waals surface area contributed by atoms with Gasteiger partial charge in [-0.3, -0.25) is 9.79 Å². The number of nitrogens with zero attached hydrogens (tertiary/aromatic N) is 2. The Kier molecular flexibility index (Phi) is 8.90. The molecule has 168 valence electrons. The Morgan fingerprint density at radius 3 is 2.50 bits per heavy atom. The minimum Gasteiger partial charge on any atom is -0.356 e. The largest absolute Gasteiger partial charge is 0.356 e. The highest BCUT2D eigenvalue weighted by Gasteiger charge is 2.29. The molecule has 0 bridgehead atoms. The van der Waals surface area contributed by atoms with Crippen molar-refractivity contribution < 1.29 is 4.79 Å². The van der Waals surface area contributed by atoms with Gasteiger partial charge in [0.1, 0.15) is 0 Å². The molecule has 0 aromatic heterocycles. The summed E-state index contributed by atoms with van der Waals surface area (Å²) >= 11 is 0. The highest BCUT2D eigenvalue weighted by Crippen LogP contribution is 2.18. The van der Waals surface area contributed by atoms with E-state index >= 15 is 0 Å². The summed E-state index contributed by atoms with van der Waals surface area (Å²) in [5.74, 6) is 1.33. The Bertz CT molecular complexity index is 1050. The van der Waals surface area contributed by atoms with Crippen LogP contribution in [-0.2, 0) is 17.8 Å². The molecule has 1 unspecified atom stereocenters. The lowest BCUT2D eigenvalue weighted by molar-refractivity contribution is -0.127. The normalized spacial score (nSPS) is 16.2. The van der Waals surface area contributed by atoms with Crippen molar-refractivity contribution in [3.8, 4) is 0 Å². The van der Waals surface area contributed by atoms with Gasteiger partial charge in [0.25, 0.3) is 0 Å². The molecule has 1 atom stereocenters. The minimum atomic E-state index is 0. The van der Waals surface area contributed by atoms with Gasteiger partial charge in [0.2, 0.25) is 5.91 Å². The average Bonchev–Trinajstić information content (AvgIpc) is 3.17. The molecule has 1 heterocycles. The number of likely N-dealkylation sites (tertiary alicyclic amines) is 1. The Morgan fingerprint density at radius 1 is 0.969 bits per heavy atom. The smallest absolute Gasteiger partial charge is 0.223 e. The van der Waals surface area contributed by atoms with E-state index in [9.17, 15) is 4.79 Å². The van der Waals surface area contributed by atoms with Gasteiger partial charge in [0.15, 0.2) is 5.96 Å². The van der Waals surface area contributed by atoms with Gasteiger partial charge in [-0.2, -0.15) is 0 Å². The second-order valence-corrected chi connectivity index (χ2v) is 8.13. The minimum absolute atomic E-state index is 0. The number of carbonyl (C=O) groups is 1. The monoisotopic (exact) mass is 542 g/mol. The van der Waals surface area contributed by atoms with E-state index in [1.807, 2.05) is 23.1 Å². The number of hydrogen-bond donors (Lipinski definition) is 2. The van der Waals surface area contributed by atoms with Crippen molar-refractivity contribution in [3.05, 3.63) is 83.9 Å². The van der Waals surface area contributed by atoms with Crippen LogP contribution in [0.5, 0.6) is 0 Å². The quantitative estimate of drug-likeness (QED) is 0.267. The van der Waals surface area contributed by atoms with Crippen LogP contribution in [0, 0.1) is 5.92 Å². The molecular weight excluding hydrogens is 511 g/mol. The summed E-state index contributed by atoms with van der Waals surface area (Å²) in [7, 11) is 1.78. The van der Waals surface area contributed by atoms with Gasteiger partial charge in [-0.25, -0.2) is 0 Å². The lowest BCUT2D eigenvalue weighted by Gasteiger charge is -2.18. The zero-order valence-electron chi connectivity index (χ0n) is 18.5. The number of amides is 1. The molecule has 0 spiro atoms. The SMILES string of the molecule is CN=C(NCc1ccc2ccccc2c1)NCC1CC(=O)N(CCc2ccccc2)C1.I. The molecule has 1 aliphatic rings. The number of aliphatic imine (C=N–C) groups is 1. The summed E-state index contributed by atoms with van der Waals surface area (Å²) in [5.41, 5.74) is 2.49. The molecule has 5 nitrogen and oxygen atoms in total. The maximum Gasteiger partial charge on any atom is 0.223 e. The van der Waals surface area contributed by atoms with Crippen LogP contribution in [0.25, 0.3) is 10.8 Å². The number of benzene rings is 3. The van der Waals surface area contributed by atoms with Crippen LogP contribution in [-0.4, -0.2) is 43.4 Å². The van der Waals surface area contributed by atoms with Crippen molar-refractivity contribution in [1.29, 1.82) is 0 Å². The lowest BCUT2D eigenvalue weighted by Crippen LogP contribution is -2.40. The summed E-state index contributed by atoms with van der Waals surface area (Å²) in [4.78, 5) is 18.7. The predicted molar refractivity (Wildman–Crippen MR) is 142 cm³/mol. The Morgan fingerprint density at radius 2 is 1.72 bits per heavy atom. The van der Waals surface area contributed by atoms with Crippen molar-refractivity contribution >= 4 is 46.6 Å². The lowest BCUT2D eigenvalue weighted by atomic mass is 10.1. The standard InChI is InChI=1S/C26H30N4O.HI/c1-27-26(28-17-21-11-12-23-9-5-6-10-24(23)15-21)29-18-22-16-25(31)30(19-22)14-13-20-7-3-2-4-8-20;/h2-12,15,22H,13-14,16-19H2,1H3,(H2,27,28,29);1H. The molecule has 1 fully saturated rings. The maximum atomic E-state index is 12.4. The summed E-state index contributed by atoms with van der Waals surface area (Å²) in [6, 6.07) is 25.2. The van der Waals surface area contributed by atoms with E-state index in [-0.39, 0.29) is 29.9 Å². The van der Waals surface area contributed by atoms with Gasteiger partial charge >= 0.3 is 0 Å². The van der Waals surface area contributed by atoms with Gasteiger partial charge in [-0.1, -0.05) is 66.7 Å². The predicted octanol–water partition coefficient (Wildman–Crippen LogP) is 4.21. The molecule has 6 heteroatoms. The fourth-order valence-electron chi connectivity index (χ4n) is 4.11. The fourth-order valence-corrected chi connectivity index (χ4v) is 4.11. The molecule has 1 saturated heterocycles. The van der Waals surface area contributed by atoms with E-state index in [1.165, 1.54) is 21.9 Å². The number of nitrogens with one attached hydrogen (secondary N) is 2. The van der Waals surface area contributed by atoms with Gasteiger partial charge in [-0.05, 0) is 34.4 Å². The molecule has 32 heavy (non-hydrogen) atoms. The molecule has 2 N–H and O–H groups in total. The van der Waals surface area contributed by atoms with Gasteiger partial charge in [0.05, 0.1) is 0 Å². The molecule has 0 aliphatic carbocycles. The molecule has 3 aromatic rings. The summed E-state index contributed by atoms with van der Waals surface area (Å²) in [6.45, 7) is 3.04. The fraction of sp³-hybridized carbons (Fsp3) is 0.308. The number of hydrogen-bond acceptors (Lipinski definition) is 2. The zero-order valence-corrected chi connectivity index (χ0v) is 20.8. The third-order valence-electron chi connectivity index (χ3n) is 5.86. The van der Waals surface area contributed by atoms with Crippen LogP contribution >= 0.6 is 24.0 Å². The first kappa shape index (κ1) is 24.0. The number of halogens is 1. The Hall–Kier alpha value is -2.61. The van der Waals surface area contributed by atoms with E-state index in [0.717, 1.165) is 32.0 Å². The van der Waals surface area contributed by atoms with Gasteiger partial charge in [0, 0.05) is 45.6 Å². The first-order valence-electron chi connectivity index (χ1n) is 10.9. The third-order valence-corrected chi connectivity index (χ3v) is 5.86. The van der Waals surface area contributed by atoms with Crippen molar-refractivity contribution in [3.63, 3.8) is 0 Å². The summed E-state index contributed by atoms with van der Waals surface area (Å²) in [5, 5.41) is 9.26. The number of rotatable bonds is 7. The van der Waals surface area contributed by atoms with Crippen LogP contribution < -0.4 is 10.6 Å². The van der Waals surface area contributed by atoms with E-state index in [2.05, 4.69) is 70.2 Å².